The maximum atomic E-state index is 12.8. The van der Waals surface area contributed by atoms with Crippen LogP contribution in [0.15, 0.2) is 24.3 Å². The summed E-state index contributed by atoms with van der Waals surface area (Å²) in [6.07, 6.45) is -0.386. The van der Waals surface area contributed by atoms with Crippen molar-refractivity contribution in [3.63, 3.8) is 0 Å². The molecule has 1 fully saturated rings. The maximum absolute atomic E-state index is 12.8. The van der Waals surface area contributed by atoms with Crippen LogP contribution in [-0.2, 0) is 29.5 Å². The van der Waals surface area contributed by atoms with Crippen molar-refractivity contribution < 1.29 is 29.0 Å². The smallest absolute Gasteiger partial charge is 0.324 e. The topological polar surface area (TPSA) is 150 Å². The summed E-state index contributed by atoms with van der Waals surface area (Å²) in [6, 6.07) is 5.43. The predicted octanol–water partition coefficient (Wildman–Crippen LogP) is 0.776. The van der Waals surface area contributed by atoms with Gasteiger partial charge in [0, 0.05) is 5.02 Å². The van der Waals surface area contributed by atoms with Gasteiger partial charge in [0.2, 0.25) is 0 Å². The molecule has 5 N–H and O–H groups in total. The zero-order valence-electron chi connectivity index (χ0n) is 14.0. The van der Waals surface area contributed by atoms with Gasteiger partial charge in [-0.15, -0.1) is 0 Å². The van der Waals surface area contributed by atoms with E-state index in [2.05, 4.69) is 0 Å². The minimum absolute atomic E-state index is 0.313. The minimum Gasteiger partial charge on any atom is -0.481 e. The summed E-state index contributed by atoms with van der Waals surface area (Å²) in [7, 11) is 0. The molecule has 0 heterocycles. The summed E-state index contributed by atoms with van der Waals surface area (Å²) in [6.45, 7) is 2.00. The fourth-order valence-electron chi connectivity index (χ4n) is 2.81. The van der Waals surface area contributed by atoms with E-state index < -0.39 is 41.8 Å². The number of benzene rings is 1. The van der Waals surface area contributed by atoms with Gasteiger partial charge in [-0.25, -0.2) is 0 Å². The van der Waals surface area contributed by atoms with Crippen LogP contribution in [0.4, 0.5) is 0 Å². The lowest BCUT2D eigenvalue weighted by atomic mass is 9.75. The highest BCUT2D eigenvalue weighted by molar-refractivity contribution is 6.31. The fraction of sp³-hybridized carbons (Fsp3) is 0.412. The third kappa shape index (κ3) is 4.87. The Bertz CT molecular complexity index is 683. The first-order chi connectivity index (χ1) is 12.3. The van der Waals surface area contributed by atoms with Crippen LogP contribution in [0.3, 0.4) is 0 Å². The Balaban J connectivity index is 0.00000163. The molecule has 2 rings (SSSR count). The van der Waals surface area contributed by atoms with Gasteiger partial charge in [-0.05, 0) is 30.9 Å². The van der Waals surface area contributed by atoms with Crippen molar-refractivity contribution in [2.75, 3.05) is 0 Å². The molecule has 1 aliphatic rings. The average Bonchev–Trinajstić information content (AvgIpc) is 2.60. The number of hydrogen-bond acceptors (Lipinski definition) is 7. The Morgan fingerprint density at radius 3 is 2.58 bits per heavy atom. The summed E-state index contributed by atoms with van der Waals surface area (Å²) < 4.78 is 5.12. The molecule has 1 aliphatic carbocycles. The van der Waals surface area contributed by atoms with E-state index >= 15 is 0 Å². The molecule has 0 unspecified atom stereocenters. The summed E-state index contributed by atoms with van der Waals surface area (Å²) in [4.78, 5) is 43.2. The Morgan fingerprint density at radius 1 is 1.38 bits per heavy atom. The highest BCUT2D eigenvalue weighted by atomic mass is 35.5. The van der Waals surface area contributed by atoms with E-state index in [-0.39, 0.29) is 0 Å². The van der Waals surface area contributed by atoms with E-state index in [0.29, 0.717) is 29.8 Å². The quantitative estimate of drug-likeness (QED) is 0.630. The lowest BCUT2D eigenvalue weighted by molar-refractivity contribution is -0.162. The normalized spacial score (nSPS) is 23.3. The molecule has 3 atom stereocenters. The van der Waals surface area contributed by atoms with Crippen molar-refractivity contribution >= 4 is 36.1 Å². The number of carboxylic acid groups (broad SMARTS) is 1. The summed E-state index contributed by atoms with van der Waals surface area (Å²) >= 11 is 6.15. The van der Waals surface area contributed by atoms with Gasteiger partial charge in [0.05, 0.1) is 6.42 Å². The van der Waals surface area contributed by atoms with E-state index in [9.17, 15) is 14.4 Å². The van der Waals surface area contributed by atoms with Gasteiger partial charge in [-0.2, -0.15) is 0 Å². The van der Waals surface area contributed by atoms with Crippen LogP contribution in [0.5, 0.6) is 0 Å². The molecule has 0 aromatic heterocycles. The first-order valence-corrected chi connectivity index (χ1v) is 8.18. The number of hydrogen-bond donors (Lipinski definition) is 3. The minimum atomic E-state index is -1.35. The summed E-state index contributed by atoms with van der Waals surface area (Å²) in [5, 5.41) is 9.03. The molecule has 1 aromatic carbocycles. The van der Waals surface area contributed by atoms with Gasteiger partial charge in [-0.1, -0.05) is 29.8 Å². The number of carbonyl (C=O) groups excluding carboxylic acids is 3. The van der Waals surface area contributed by atoms with E-state index in [4.69, 9.17) is 37.7 Å². The van der Waals surface area contributed by atoms with Gasteiger partial charge < -0.3 is 26.1 Å². The molecule has 0 radical (unpaired) electrons. The molecule has 9 heteroatoms. The second-order valence-corrected chi connectivity index (χ2v) is 6.24. The SMILES string of the molecule is C=O.N[C@@H](CC(=O)O)C(=O)O[C@@H]1CCC[C@@](N)(c2ccccc2Cl)C1=O. The van der Waals surface area contributed by atoms with Crippen molar-refractivity contribution in [3.8, 4) is 0 Å². The Labute approximate surface area is 155 Å². The predicted molar refractivity (Wildman–Crippen MR) is 93.4 cm³/mol. The highest BCUT2D eigenvalue weighted by Gasteiger charge is 2.46. The van der Waals surface area contributed by atoms with Crippen LogP contribution in [0.1, 0.15) is 31.2 Å². The number of halogens is 1. The van der Waals surface area contributed by atoms with Gasteiger partial charge >= 0.3 is 11.9 Å². The first-order valence-electron chi connectivity index (χ1n) is 7.80. The van der Waals surface area contributed by atoms with Gasteiger partial charge in [0.1, 0.15) is 18.4 Å². The number of Topliss-reactive ketones (excluding diaryl/α,β-unsaturated/α-hetero) is 1. The van der Waals surface area contributed by atoms with Crippen LogP contribution < -0.4 is 11.5 Å². The zero-order valence-corrected chi connectivity index (χ0v) is 14.8. The molecule has 0 spiro atoms. The number of rotatable bonds is 5. The Morgan fingerprint density at radius 2 is 2.00 bits per heavy atom. The molecule has 0 aliphatic heterocycles. The monoisotopic (exact) mass is 384 g/mol. The maximum Gasteiger partial charge on any atom is 0.324 e. The molecular formula is C17H21ClN2O6. The van der Waals surface area contributed by atoms with Crippen LogP contribution in [0, 0.1) is 0 Å². The van der Waals surface area contributed by atoms with Crippen LogP contribution in [0.25, 0.3) is 0 Å². The number of nitrogens with two attached hydrogens (primary N) is 2. The third-order valence-electron chi connectivity index (χ3n) is 4.08. The number of ketones is 1. The van der Waals surface area contributed by atoms with Gasteiger partial charge in [-0.3, -0.25) is 14.4 Å². The third-order valence-corrected chi connectivity index (χ3v) is 4.41. The average molecular weight is 385 g/mol. The Kier molecular flexibility index (Phi) is 7.88. The lowest BCUT2D eigenvalue weighted by Crippen LogP contribution is -2.54. The fourth-order valence-corrected chi connectivity index (χ4v) is 3.11. The number of carboxylic acids is 1. The highest BCUT2D eigenvalue weighted by Crippen LogP contribution is 2.36. The van der Waals surface area contributed by atoms with Crippen LogP contribution >= 0.6 is 11.6 Å². The Hall–Kier alpha value is -2.29. The van der Waals surface area contributed by atoms with Crippen molar-refractivity contribution in [3.05, 3.63) is 34.9 Å². The van der Waals surface area contributed by atoms with E-state index in [0.717, 1.165) is 0 Å². The molecule has 0 saturated heterocycles. The molecule has 0 amide bonds. The lowest BCUT2D eigenvalue weighted by Gasteiger charge is -2.36. The molecular weight excluding hydrogens is 364 g/mol. The number of ether oxygens (including phenoxy) is 1. The number of aliphatic carboxylic acids is 1. The molecule has 0 bridgehead atoms. The van der Waals surface area contributed by atoms with Crippen molar-refractivity contribution in [2.24, 2.45) is 11.5 Å². The van der Waals surface area contributed by atoms with Crippen molar-refractivity contribution in [1.29, 1.82) is 0 Å². The van der Waals surface area contributed by atoms with Crippen molar-refractivity contribution in [2.45, 2.75) is 43.4 Å². The van der Waals surface area contributed by atoms with Gasteiger partial charge in [0.25, 0.3) is 0 Å². The second kappa shape index (κ2) is 9.42. The zero-order chi connectivity index (χ0) is 19.9. The first kappa shape index (κ1) is 21.8. The van der Waals surface area contributed by atoms with E-state index in [1.807, 2.05) is 6.79 Å². The van der Waals surface area contributed by atoms with Crippen LogP contribution in [-0.4, -0.2) is 41.8 Å². The van der Waals surface area contributed by atoms with Crippen LogP contribution in [0.2, 0.25) is 5.02 Å². The molecule has 142 valence electrons. The number of carbonyl (C=O) groups is 4. The second-order valence-electron chi connectivity index (χ2n) is 5.84. The summed E-state index contributed by atoms with van der Waals surface area (Å²) in [5.41, 5.74) is 10.9. The molecule has 1 saturated carbocycles. The molecule has 1 aromatic rings. The summed E-state index contributed by atoms with van der Waals surface area (Å²) in [5.74, 6) is -2.62. The molecule has 26 heavy (non-hydrogen) atoms. The van der Waals surface area contributed by atoms with Crippen molar-refractivity contribution in [1.82, 2.24) is 0 Å². The van der Waals surface area contributed by atoms with E-state index in [1.54, 1.807) is 24.3 Å². The van der Waals surface area contributed by atoms with Gasteiger partial charge in [0.15, 0.2) is 11.9 Å². The van der Waals surface area contributed by atoms with E-state index in [1.165, 1.54) is 0 Å². The number of esters is 1. The molecule has 8 nitrogen and oxygen atoms in total. The standard InChI is InChI=1S/C16H19ClN2O5.CH2O/c17-10-5-2-1-4-9(10)16(19)7-3-6-12(14(16)22)24-15(23)11(18)8-13(20)21;1-2/h1-2,4-5,11-12H,3,6-8,18-19H2,(H,20,21);1H2/t11-,12+,16+;/m0./s1. The largest absolute Gasteiger partial charge is 0.481 e.